The first-order valence-corrected chi connectivity index (χ1v) is 12.5. The van der Waals surface area contributed by atoms with E-state index in [-0.39, 0.29) is 29.2 Å². The number of primary amides is 1. The number of carboxylic acids is 1. The Labute approximate surface area is 219 Å². The van der Waals surface area contributed by atoms with Crippen molar-refractivity contribution < 1.29 is 38.6 Å². The number of rotatable bonds is 7. The highest BCUT2D eigenvalue weighted by Gasteiger charge is 2.55. The average molecular weight is 539 g/mol. The van der Waals surface area contributed by atoms with E-state index < -0.39 is 53.4 Å². The number of nitrogens with zero attached hydrogens (tertiary/aromatic N) is 1. The molecule has 2 aromatic carbocycles. The molecule has 3 heterocycles. The summed E-state index contributed by atoms with van der Waals surface area (Å²) in [7, 11) is 0. The third-order valence-electron chi connectivity index (χ3n) is 6.53. The molecule has 1 fully saturated rings. The monoisotopic (exact) mass is 538 g/mol. The maximum absolute atomic E-state index is 13.3. The van der Waals surface area contributed by atoms with Gasteiger partial charge in [-0.15, -0.1) is 11.8 Å². The molecule has 38 heavy (non-hydrogen) atoms. The number of carboxylic acid groups (broad SMARTS) is 1. The zero-order valence-corrected chi connectivity index (χ0v) is 20.5. The zero-order chi connectivity index (χ0) is 27.1. The Balaban J connectivity index is 1.40. The molecular formula is C25H22N4O8S. The molecule has 0 saturated carbocycles. The van der Waals surface area contributed by atoms with E-state index in [1.807, 2.05) is 0 Å². The fourth-order valence-corrected chi connectivity index (χ4v) is 6.18. The Morgan fingerprint density at radius 3 is 2.53 bits per heavy atom. The van der Waals surface area contributed by atoms with Gasteiger partial charge in [0, 0.05) is 16.9 Å². The summed E-state index contributed by atoms with van der Waals surface area (Å²) in [5, 5.41) is 11.8. The highest BCUT2D eigenvalue weighted by Crippen LogP contribution is 2.50. The lowest BCUT2D eigenvalue weighted by Crippen LogP contribution is -2.60. The number of hydrogen-bond donors (Lipinski definition) is 4. The average Bonchev–Trinajstić information content (AvgIpc) is 3.22. The number of thioether (sulfide) groups is 1. The Morgan fingerprint density at radius 2 is 1.84 bits per heavy atom. The van der Waals surface area contributed by atoms with Crippen molar-refractivity contribution in [1.29, 1.82) is 0 Å². The second-order valence-corrected chi connectivity index (χ2v) is 9.85. The minimum atomic E-state index is -1.35. The summed E-state index contributed by atoms with van der Waals surface area (Å²) in [5.74, 6) is -3.79. The smallest absolute Gasteiger partial charge is 0.404 e. The van der Waals surface area contributed by atoms with Gasteiger partial charge in [0.25, 0.3) is 0 Å². The minimum absolute atomic E-state index is 0.147. The fraction of sp³-hybridized carbons (Fsp3) is 0.240. The zero-order valence-electron chi connectivity index (χ0n) is 19.7. The van der Waals surface area contributed by atoms with Crippen molar-refractivity contribution in [3.8, 4) is 0 Å². The van der Waals surface area contributed by atoms with Gasteiger partial charge in [0.2, 0.25) is 18.0 Å². The predicted molar refractivity (Wildman–Crippen MR) is 132 cm³/mol. The first-order valence-electron chi connectivity index (χ1n) is 11.5. The van der Waals surface area contributed by atoms with E-state index in [1.165, 1.54) is 11.8 Å². The summed E-state index contributed by atoms with van der Waals surface area (Å²) in [6.07, 6.45) is -2.16. The van der Waals surface area contributed by atoms with Crippen molar-refractivity contribution in [3.05, 3.63) is 82.1 Å². The lowest BCUT2D eigenvalue weighted by molar-refractivity contribution is -0.148. The number of esters is 1. The van der Waals surface area contributed by atoms with Crippen LogP contribution in [0.5, 0.6) is 0 Å². The van der Waals surface area contributed by atoms with Crippen molar-refractivity contribution in [3.63, 3.8) is 0 Å². The summed E-state index contributed by atoms with van der Waals surface area (Å²) >= 11 is 1.27. The van der Waals surface area contributed by atoms with E-state index >= 15 is 0 Å². The molecular weight excluding hydrogens is 516 g/mol. The quantitative estimate of drug-likeness (QED) is 0.293. The van der Waals surface area contributed by atoms with Crippen LogP contribution < -0.4 is 16.8 Å². The summed E-state index contributed by atoms with van der Waals surface area (Å²) in [6, 6.07) is 12.6. The van der Waals surface area contributed by atoms with E-state index in [4.69, 9.17) is 20.9 Å². The molecule has 196 valence electrons. The number of carbonyl (C=O) groups is 5. The van der Waals surface area contributed by atoms with Gasteiger partial charge in [0.15, 0.2) is 0 Å². The first-order chi connectivity index (χ1) is 18.2. The lowest BCUT2D eigenvalue weighted by Gasteiger charge is -2.49. The number of nitrogens with one attached hydrogen (secondary N) is 1. The molecule has 5 rings (SSSR count). The molecule has 6 N–H and O–H groups in total. The normalized spacial score (nSPS) is 22.6. The second-order valence-electron chi connectivity index (χ2n) is 8.75. The van der Waals surface area contributed by atoms with Crippen LogP contribution in [-0.2, 0) is 23.9 Å². The third kappa shape index (κ3) is 4.25. The highest BCUT2D eigenvalue weighted by atomic mass is 32.2. The molecule has 0 spiro atoms. The molecule has 12 nitrogen and oxygen atoms in total. The standard InChI is InChI=1S/C25H22N4O8S/c26-17(11-5-2-1-3-6-11)19(30)28-20-14-8-4-7-13(15(14)24(34)37-20)16-21(31)29-18(23(32)33)12(9-36-25(27)35)10-38-22(16)29/h1-8,16-17,20,22H,9-10,26H2,(H2,27,35)(H,28,30)(H,32,33)/t16?,17?,20?,22-/m0/s1. The van der Waals surface area contributed by atoms with Crippen LogP contribution in [-0.4, -0.2) is 57.6 Å². The van der Waals surface area contributed by atoms with Crippen LogP contribution in [0.15, 0.2) is 59.8 Å². The molecule has 3 unspecified atom stereocenters. The number of β-lactam (4-membered cyclic amide) rings is 1. The number of fused-ring (bicyclic) bond motifs is 2. The van der Waals surface area contributed by atoms with Crippen LogP contribution in [0.4, 0.5) is 4.79 Å². The molecule has 2 aromatic rings. The predicted octanol–water partition coefficient (Wildman–Crippen LogP) is 1.10. The molecule has 0 radical (unpaired) electrons. The van der Waals surface area contributed by atoms with Crippen LogP contribution in [0.25, 0.3) is 0 Å². The molecule has 0 aromatic heterocycles. The van der Waals surface area contributed by atoms with Crippen molar-refractivity contribution in [2.45, 2.75) is 23.6 Å². The number of ether oxygens (including phenoxy) is 2. The number of amides is 3. The Hall–Kier alpha value is -4.36. The SMILES string of the molecule is NC(=O)OCC1=C(C(=O)O)N2C(=O)C(c3cccc4c3C(=O)OC4NC(=O)C(N)c3ccccc3)[C@@H]2SC1. The van der Waals surface area contributed by atoms with Gasteiger partial charge in [0.1, 0.15) is 18.3 Å². The fourth-order valence-electron chi connectivity index (χ4n) is 4.78. The number of nitrogens with two attached hydrogens (primary N) is 2. The number of aliphatic carboxylic acids is 1. The summed E-state index contributed by atoms with van der Waals surface area (Å²) in [5.41, 5.74) is 12.5. The number of cyclic esters (lactones) is 1. The highest BCUT2D eigenvalue weighted by molar-refractivity contribution is 8.00. The van der Waals surface area contributed by atoms with Gasteiger partial charge in [-0.1, -0.05) is 48.5 Å². The van der Waals surface area contributed by atoms with Gasteiger partial charge >= 0.3 is 18.0 Å². The van der Waals surface area contributed by atoms with E-state index in [1.54, 1.807) is 48.5 Å². The van der Waals surface area contributed by atoms with Crippen molar-refractivity contribution in [1.82, 2.24) is 10.2 Å². The second kappa shape index (κ2) is 9.84. The van der Waals surface area contributed by atoms with Gasteiger partial charge in [-0.3, -0.25) is 14.5 Å². The number of benzene rings is 2. The molecule has 4 atom stereocenters. The molecule has 13 heteroatoms. The van der Waals surface area contributed by atoms with E-state index in [0.29, 0.717) is 16.7 Å². The minimum Gasteiger partial charge on any atom is -0.477 e. The van der Waals surface area contributed by atoms with Crippen LogP contribution in [0.3, 0.4) is 0 Å². The summed E-state index contributed by atoms with van der Waals surface area (Å²) < 4.78 is 10.2. The Kier molecular flexibility index (Phi) is 6.55. The van der Waals surface area contributed by atoms with Gasteiger partial charge < -0.3 is 31.4 Å². The topological polar surface area (TPSA) is 191 Å². The van der Waals surface area contributed by atoms with Gasteiger partial charge in [-0.2, -0.15) is 0 Å². The van der Waals surface area contributed by atoms with Crippen LogP contribution in [0.2, 0.25) is 0 Å². The van der Waals surface area contributed by atoms with Gasteiger partial charge in [0.05, 0.1) is 16.9 Å². The summed E-state index contributed by atoms with van der Waals surface area (Å²) in [4.78, 5) is 63.0. The lowest BCUT2D eigenvalue weighted by atomic mass is 9.84. The first kappa shape index (κ1) is 25.3. The van der Waals surface area contributed by atoms with Crippen molar-refractivity contribution in [2.24, 2.45) is 11.5 Å². The number of hydrogen-bond acceptors (Lipinski definition) is 9. The molecule has 0 aliphatic carbocycles. The van der Waals surface area contributed by atoms with Crippen molar-refractivity contribution >= 4 is 41.6 Å². The molecule has 0 bridgehead atoms. The van der Waals surface area contributed by atoms with E-state index in [9.17, 15) is 29.1 Å². The maximum atomic E-state index is 13.3. The van der Waals surface area contributed by atoms with Gasteiger partial charge in [-0.05, 0) is 11.1 Å². The Morgan fingerprint density at radius 1 is 1.13 bits per heavy atom. The van der Waals surface area contributed by atoms with Gasteiger partial charge in [-0.25, -0.2) is 14.4 Å². The van der Waals surface area contributed by atoms with Crippen molar-refractivity contribution in [2.75, 3.05) is 12.4 Å². The van der Waals surface area contributed by atoms with Crippen LogP contribution >= 0.6 is 11.8 Å². The third-order valence-corrected chi connectivity index (χ3v) is 7.87. The summed E-state index contributed by atoms with van der Waals surface area (Å²) in [6.45, 7) is -0.356. The molecule has 3 aliphatic rings. The molecule has 1 saturated heterocycles. The Bertz CT molecular complexity index is 1390. The molecule has 3 amide bonds. The van der Waals surface area contributed by atoms with Crippen LogP contribution in [0.1, 0.15) is 45.2 Å². The number of carbonyl (C=O) groups excluding carboxylic acids is 4. The molecule has 3 aliphatic heterocycles. The van der Waals surface area contributed by atoms with E-state index in [0.717, 1.165) is 4.90 Å². The maximum Gasteiger partial charge on any atom is 0.404 e. The largest absolute Gasteiger partial charge is 0.477 e. The van der Waals surface area contributed by atoms with E-state index in [2.05, 4.69) is 5.32 Å². The van der Waals surface area contributed by atoms with Crippen LogP contribution in [0, 0.1) is 0 Å².